The van der Waals surface area contributed by atoms with Crippen LogP contribution in [0.3, 0.4) is 0 Å². The van der Waals surface area contributed by atoms with Crippen molar-refractivity contribution in [2.75, 3.05) is 0 Å². The summed E-state index contributed by atoms with van der Waals surface area (Å²) in [4.78, 5) is 3.84. The lowest BCUT2D eigenvalue weighted by Crippen LogP contribution is -2.16. The molecule has 0 N–H and O–H groups in total. The molecule has 0 aliphatic rings. The van der Waals surface area contributed by atoms with Crippen LogP contribution in [0.5, 0.6) is 0 Å². The number of rotatable bonds is 1. The van der Waals surface area contributed by atoms with E-state index in [2.05, 4.69) is 4.98 Å². The van der Waals surface area contributed by atoms with E-state index in [0.717, 1.165) is 11.2 Å². The zero-order chi connectivity index (χ0) is 9.56. The summed E-state index contributed by atoms with van der Waals surface area (Å²) in [6, 6.07) is 1.47. The van der Waals surface area contributed by atoms with Gasteiger partial charge in [0.05, 0.1) is 6.20 Å². The minimum absolute atomic E-state index is 0.279. The van der Waals surface area contributed by atoms with Gasteiger partial charge in [0, 0.05) is 5.69 Å². The molecule has 1 radical (unpaired) electrons. The predicted octanol–water partition coefficient (Wildman–Crippen LogP) is 1.93. The standard InChI is InChI=1S/C7H8BFN.C2H6/c1-5-7(8-2)3-6(9)4-10-5;1-2/h3-4H,1-2H3;1-2H3. The lowest BCUT2D eigenvalue weighted by Gasteiger charge is -1.98. The second-order valence-corrected chi connectivity index (χ2v) is 2.12. The second-order valence-electron chi connectivity index (χ2n) is 2.12. The van der Waals surface area contributed by atoms with E-state index in [-0.39, 0.29) is 5.82 Å². The molecule has 0 saturated heterocycles. The van der Waals surface area contributed by atoms with Gasteiger partial charge in [-0.3, -0.25) is 4.98 Å². The summed E-state index contributed by atoms with van der Waals surface area (Å²) in [5, 5.41) is 0. The number of halogens is 1. The van der Waals surface area contributed by atoms with E-state index < -0.39 is 0 Å². The Kier molecular flexibility index (Phi) is 5.34. The maximum absolute atomic E-state index is 12.5. The highest BCUT2D eigenvalue weighted by atomic mass is 19.1. The van der Waals surface area contributed by atoms with Crippen LogP contribution in [0.2, 0.25) is 6.82 Å². The van der Waals surface area contributed by atoms with Crippen molar-refractivity contribution in [3.05, 3.63) is 23.8 Å². The molecule has 0 aliphatic carbocycles. The molecule has 0 aliphatic heterocycles. The van der Waals surface area contributed by atoms with E-state index in [1.54, 1.807) is 0 Å². The zero-order valence-electron chi connectivity index (χ0n) is 8.06. The van der Waals surface area contributed by atoms with Crippen molar-refractivity contribution in [2.24, 2.45) is 0 Å². The quantitative estimate of drug-likeness (QED) is 0.581. The number of aryl methyl sites for hydroxylation is 1. The van der Waals surface area contributed by atoms with Crippen molar-refractivity contribution in [1.82, 2.24) is 4.98 Å². The third-order valence-electron chi connectivity index (χ3n) is 1.40. The first-order valence-corrected chi connectivity index (χ1v) is 4.15. The third-order valence-corrected chi connectivity index (χ3v) is 1.40. The van der Waals surface area contributed by atoms with Gasteiger partial charge in [0.1, 0.15) is 5.82 Å². The van der Waals surface area contributed by atoms with Crippen molar-refractivity contribution in [3.8, 4) is 0 Å². The van der Waals surface area contributed by atoms with Crippen LogP contribution in [0.15, 0.2) is 12.3 Å². The first-order chi connectivity index (χ1) is 5.74. The van der Waals surface area contributed by atoms with Crippen molar-refractivity contribution in [2.45, 2.75) is 27.6 Å². The lowest BCUT2D eigenvalue weighted by atomic mass is 9.72. The summed E-state index contributed by atoms with van der Waals surface area (Å²) in [5.74, 6) is -0.279. The Bertz CT molecular complexity index is 238. The molecule has 1 aromatic heterocycles. The maximum atomic E-state index is 12.5. The second kappa shape index (κ2) is 5.75. The van der Waals surface area contributed by atoms with Crippen molar-refractivity contribution < 1.29 is 4.39 Å². The molecular formula is C9H14BFN. The zero-order valence-corrected chi connectivity index (χ0v) is 8.06. The summed E-state index contributed by atoms with van der Waals surface area (Å²) in [6.07, 6.45) is 1.22. The number of hydrogen-bond donors (Lipinski definition) is 0. The molecule has 0 atom stereocenters. The van der Waals surface area contributed by atoms with E-state index >= 15 is 0 Å². The molecule has 0 saturated carbocycles. The van der Waals surface area contributed by atoms with Crippen molar-refractivity contribution in [3.63, 3.8) is 0 Å². The molecule has 1 nitrogen and oxygen atoms in total. The smallest absolute Gasteiger partial charge is 0.150 e. The average molecular weight is 166 g/mol. The van der Waals surface area contributed by atoms with Crippen LogP contribution >= 0.6 is 0 Å². The molecule has 0 fully saturated rings. The van der Waals surface area contributed by atoms with Crippen LogP contribution in [-0.4, -0.2) is 12.3 Å². The van der Waals surface area contributed by atoms with Crippen LogP contribution in [0.4, 0.5) is 4.39 Å². The van der Waals surface area contributed by atoms with E-state index in [1.807, 2.05) is 34.9 Å². The van der Waals surface area contributed by atoms with Gasteiger partial charge in [-0.25, -0.2) is 4.39 Å². The SMILES string of the molecule is CC.C[B]c1cc(F)cnc1C. The van der Waals surface area contributed by atoms with Gasteiger partial charge in [-0.05, 0) is 13.0 Å². The molecule has 1 rings (SSSR count). The first kappa shape index (κ1) is 11.1. The number of pyridine rings is 1. The Morgan fingerprint density at radius 2 is 2.00 bits per heavy atom. The highest BCUT2D eigenvalue weighted by Crippen LogP contribution is 1.92. The third kappa shape index (κ3) is 3.03. The maximum Gasteiger partial charge on any atom is 0.150 e. The minimum Gasteiger partial charge on any atom is -0.259 e. The Labute approximate surface area is 74.3 Å². The summed E-state index contributed by atoms with van der Waals surface area (Å²) in [5.41, 5.74) is 1.73. The minimum atomic E-state index is -0.279. The van der Waals surface area contributed by atoms with Crippen LogP contribution < -0.4 is 5.46 Å². The van der Waals surface area contributed by atoms with E-state index in [4.69, 9.17) is 0 Å². The fourth-order valence-corrected chi connectivity index (χ4v) is 0.816. The molecule has 3 heteroatoms. The van der Waals surface area contributed by atoms with Gasteiger partial charge in [-0.2, -0.15) is 0 Å². The highest BCUT2D eigenvalue weighted by Gasteiger charge is 1.98. The molecule has 0 spiro atoms. The van der Waals surface area contributed by atoms with Crippen LogP contribution in [0, 0.1) is 12.7 Å². The van der Waals surface area contributed by atoms with Gasteiger partial charge < -0.3 is 0 Å². The predicted molar refractivity (Wildman–Crippen MR) is 51.5 cm³/mol. The molecule has 12 heavy (non-hydrogen) atoms. The van der Waals surface area contributed by atoms with Crippen LogP contribution in [0.1, 0.15) is 19.5 Å². The molecular weight excluding hydrogens is 152 g/mol. The topological polar surface area (TPSA) is 12.9 Å². The van der Waals surface area contributed by atoms with Gasteiger partial charge in [-0.15, -0.1) is 0 Å². The van der Waals surface area contributed by atoms with Crippen molar-refractivity contribution in [1.29, 1.82) is 0 Å². The molecule has 0 bridgehead atoms. The normalized spacial score (nSPS) is 8.42. The van der Waals surface area contributed by atoms with Crippen LogP contribution in [-0.2, 0) is 0 Å². The summed E-state index contributed by atoms with van der Waals surface area (Å²) >= 11 is 0. The van der Waals surface area contributed by atoms with Gasteiger partial charge in [0.25, 0.3) is 0 Å². The van der Waals surface area contributed by atoms with E-state index in [0.29, 0.717) is 0 Å². The van der Waals surface area contributed by atoms with Gasteiger partial charge in [0.15, 0.2) is 7.28 Å². The fraction of sp³-hybridized carbons (Fsp3) is 0.444. The largest absolute Gasteiger partial charge is 0.259 e. The van der Waals surface area contributed by atoms with Crippen LogP contribution in [0.25, 0.3) is 0 Å². The Morgan fingerprint density at radius 3 is 2.42 bits per heavy atom. The summed E-state index contributed by atoms with van der Waals surface area (Å²) in [6.45, 7) is 7.72. The van der Waals surface area contributed by atoms with Gasteiger partial charge >= 0.3 is 0 Å². The number of aromatic nitrogens is 1. The summed E-state index contributed by atoms with van der Waals surface area (Å²) < 4.78 is 12.5. The Hall–Kier alpha value is -0.855. The molecule has 0 amide bonds. The number of hydrogen-bond acceptors (Lipinski definition) is 1. The highest BCUT2D eigenvalue weighted by molar-refractivity contribution is 6.52. The first-order valence-electron chi connectivity index (χ1n) is 4.15. The van der Waals surface area contributed by atoms with Gasteiger partial charge in [0.2, 0.25) is 0 Å². The molecule has 1 aromatic rings. The molecule has 65 valence electrons. The fourth-order valence-electron chi connectivity index (χ4n) is 0.816. The Balaban J connectivity index is 0.000000561. The molecule has 0 unspecified atom stereocenters. The van der Waals surface area contributed by atoms with Gasteiger partial charge in [-0.1, -0.05) is 26.1 Å². The van der Waals surface area contributed by atoms with E-state index in [1.165, 1.54) is 12.3 Å². The Morgan fingerprint density at radius 1 is 1.42 bits per heavy atom. The van der Waals surface area contributed by atoms with Crippen molar-refractivity contribution >= 4 is 12.7 Å². The average Bonchev–Trinajstić information content (AvgIpc) is 2.13. The lowest BCUT2D eigenvalue weighted by molar-refractivity contribution is 0.621. The molecule has 1 heterocycles. The monoisotopic (exact) mass is 166 g/mol. The summed E-state index contributed by atoms with van der Waals surface area (Å²) in [7, 11) is 1.84. The van der Waals surface area contributed by atoms with E-state index in [9.17, 15) is 4.39 Å². The number of nitrogens with zero attached hydrogens (tertiary/aromatic N) is 1. The molecule has 0 aromatic carbocycles.